The average Bonchev–Trinajstić information content (AvgIpc) is 2.39. The number of aliphatic hydroxyl groups is 2. The van der Waals surface area contributed by atoms with Crippen LogP contribution in [0, 0.1) is 11.3 Å². The first-order valence-corrected chi connectivity index (χ1v) is 5.79. The highest BCUT2D eigenvalue weighted by molar-refractivity contribution is 5.72. The molecule has 2 N–H and O–H groups in total. The Morgan fingerprint density at radius 3 is 2.37 bits per heavy atom. The molecule has 0 aliphatic heterocycles. The highest BCUT2D eigenvalue weighted by Crippen LogP contribution is 2.43. The van der Waals surface area contributed by atoms with E-state index in [2.05, 4.69) is 9.47 Å². The third kappa shape index (κ3) is 3.27. The fourth-order valence-corrected chi connectivity index (χ4v) is 2.11. The van der Waals surface area contributed by atoms with Crippen LogP contribution < -0.4 is 0 Å². The van der Waals surface area contributed by atoms with Gasteiger partial charge in [0, 0.05) is 11.3 Å². The van der Waals surface area contributed by atoms with E-state index in [-0.39, 0.29) is 24.4 Å². The molecule has 0 radical (unpaired) electrons. The van der Waals surface area contributed by atoms with E-state index in [0.29, 0.717) is 0 Å². The van der Waals surface area contributed by atoms with Crippen molar-refractivity contribution in [3.05, 3.63) is 23.7 Å². The van der Waals surface area contributed by atoms with Gasteiger partial charge in [0.2, 0.25) is 0 Å². The fraction of sp³-hybridized carbons (Fsp3) is 0.538. The molecule has 0 spiro atoms. The van der Waals surface area contributed by atoms with E-state index in [9.17, 15) is 19.8 Å². The highest BCUT2D eigenvalue weighted by atomic mass is 16.5. The van der Waals surface area contributed by atoms with Crippen LogP contribution in [-0.4, -0.2) is 36.4 Å². The third-order valence-corrected chi connectivity index (χ3v) is 3.36. The smallest absolute Gasteiger partial charge is 0.306 e. The van der Waals surface area contributed by atoms with Crippen LogP contribution in [0.5, 0.6) is 0 Å². The molecule has 0 amide bonds. The average molecular weight is 270 g/mol. The van der Waals surface area contributed by atoms with Crippen molar-refractivity contribution in [2.75, 3.05) is 14.2 Å². The Labute approximate surface area is 111 Å². The monoisotopic (exact) mass is 270 g/mol. The first kappa shape index (κ1) is 15.1. The summed E-state index contributed by atoms with van der Waals surface area (Å²) in [7, 11) is 2.50. The Morgan fingerprint density at radius 2 is 1.84 bits per heavy atom. The first-order valence-electron chi connectivity index (χ1n) is 5.79. The Bertz CT molecular complexity index is 436. The van der Waals surface area contributed by atoms with Crippen molar-refractivity contribution in [3.63, 3.8) is 0 Å². The summed E-state index contributed by atoms with van der Waals surface area (Å²) in [5, 5.41) is 19.5. The molecule has 6 nitrogen and oxygen atoms in total. The summed E-state index contributed by atoms with van der Waals surface area (Å²) >= 11 is 0. The maximum absolute atomic E-state index is 11.4. The standard InChI is InChI=1S/C13H18O6/c1-13(7-11(16)19-3)5-4-9(14)12(17)8(13)6-10(15)18-2/h4-5,8,14,17H,6-7H2,1-3H3. The van der Waals surface area contributed by atoms with Crippen molar-refractivity contribution < 1.29 is 29.3 Å². The molecular weight excluding hydrogens is 252 g/mol. The van der Waals surface area contributed by atoms with Crippen LogP contribution in [0.15, 0.2) is 23.7 Å². The molecule has 19 heavy (non-hydrogen) atoms. The predicted octanol–water partition coefficient (Wildman–Crippen LogP) is 1.63. The van der Waals surface area contributed by atoms with Crippen LogP contribution in [0.1, 0.15) is 19.8 Å². The molecule has 0 heterocycles. The van der Waals surface area contributed by atoms with Crippen LogP contribution >= 0.6 is 0 Å². The van der Waals surface area contributed by atoms with Gasteiger partial charge in [0.1, 0.15) is 5.76 Å². The Balaban J connectivity index is 3.04. The minimum atomic E-state index is -0.822. The summed E-state index contributed by atoms with van der Waals surface area (Å²) in [6, 6.07) is 0. The maximum Gasteiger partial charge on any atom is 0.306 e. The van der Waals surface area contributed by atoms with Gasteiger partial charge >= 0.3 is 11.9 Å². The normalized spacial score (nSPS) is 26.2. The Kier molecular flexibility index (Phi) is 4.58. The maximum atomic E-state index is 11.4. The molecule has 1 aliphatic rings. The van der Waals surface area contributed by atoms with Crippen LogP contribution in [0.2, 0.25) is 0 Å². The lowest BCUT2D eigenvalue weighted by Gasteiger charge is -2.35. The van der Waals surface area contributed by atoms with E-state index < -0.39 is 23.3 Å². The molecule has 1 aliphatic carbocycles. The minimum Gasteiger partial charge on any atom is -0.508 e. The number of hydrogen-bond donors (Lipinski definition) is 2. The number of carbonyl (C=O) groups is 2. The molecule has 2 unspecified atom stereocenters. The predicted molar refractivity (Wildman–Crippen MR) is 66.3 cm³/mol. The summed E-state index contributed by atoms with van der Waals surface area (Å²) in [4.78, 5) is 22.8. The lowest BCUT2D eigenvalue weighted by atomic mass is 9.69. The number of esters is 2. The minimum absolute atomic E-state index is 0.0149. The van der Waals surface area contributed by atoms with E-state index in [1.807, 2.05) is 0 Å². The quantitative estimate of drug-likeness (QED) is 0.754. The summed E-state index contributed by atoms with van der Waals surface area (Å²) in [5.41, 5.74) is -0.822. The number of hydrogen-bond acceptors (Lipinski definition) is 6. The van der Waals surface area contributed by atoms with Gasteiger partial charge in [0.05, 0.1) is 27.1 Å². The van der Waals surface area contributed by atoms with E-state index in [1.54, 1.807) is 13.0 Å². The molecule has 0 saturated heterocycles. The number of allylic oxidation sites excluding steroid dienone is 3. The largest absolute Gasteiger partial charge is 0.508 e. The molecule has 0 aromatic rings. The second-order valence-electron chi connectivity index (χ2n) is 4.70. The second kappa shape index (κ2) is 5.77. The van der Waals surface area contributed by atoms with Crippen LogP contribution in [0.4, 0.5) is 0 Å². The molecule has 0 aromatic carbocycles. The molecule has 0 fully saturated rings. The Hall–Kier alpha value is -1.98. The van der Waals surface area contributed by atoms with Gasteiger partial charge in [0.15, 0.2) is 5.76 Å². The van der Waals surface area contributed by atoms with Gasteiger partial charge in [-0.2, -0.15) is 0 Å². The van der Waals surface area contributed by atoms with Gasteiger partial charge in [-0.15, -0.1) is 0 Å². The van der Waals surface area contributed by atoms with Crippen molar-refractivity contribution in [2.24, 2.45) is 11.3 Å². The lowest BCUT2D eigenvalue weighted by molar-refractivity contribution is -0.146. The number of methoxy groups -OCH3 is 2. The van der Waals surface area contributed by atoms with Crippen molar-refractivity contribution in [1.82, 2.24) is 0 Å². The number of aliphatic hydroxyl groups excluding tert-OH is 2. The molecule has 0 aromatic heterocycles. The molecule has 2 atom stereocenters. The van der Waals surface area contributed by atoms with Crippen molar-refractivity contribution in [2.45, 2.75) is 19.8 Å². The van der Waals surface area contributed by atoms with Crippen LogP contribution in [0.3, 0.4) is 0 Å². The van der Waals surface area contributed by atoms with Crippen molar-refractivity contribution in [3.8, 4) is 0 Å². The first-order chi connectivity index (χ1) is 8.84. The van der Waals surface area contributed by atoms with Gasteiger partial charge in [0.25, 0.3) is 0 Å². The third-order valence-electron chi connectivity index (χ3n) is 3.36. The molecule has 106 valence electrons. The highest BCUT2D eigenvalue weighted by Gasteiger charge is 2.42. The zero-order chi connectivity index (χ0) is 14.6. The molecule has 0 saturated carbocycles. The molecule has 6 heteroatoms. The zero-order valence-corrected chi connectivity index (χ0v) is 11.2. The van der Waals surface area contributed by atoms with Gasteiger partial charge < -0.3 is 19.7 Å². The van der Waals surface area contributed by atoms with Crippen LogP contribution in [-0.2, 0) is 19.1 Å². The SMILES string of the molecule is COC(=O)CC1C(O)=C(O)C=CC1(C)CC(=O)OC. The van der Waals surface area contributed by atoms with Gasteiger partial charge in [-0.3, -0.25) is 9.59 Å². The van der Waals surface area contributed by atoms with E-state index >= 15 is 0 Å². The summed E-state index contributed by atoms with van der Waals surface area (Å²) < 4.78 is 9.18. The van der Waals surface area contributed by atoms with Crippen molar-refractivity contribution >= 4 is 11.9 Å². The lowest BCUT2D eigenvalue weighted by Crippen LogP contribution is -2.34. The van der Waals surface area contributed by atoms with E-state index in [1.165, 1.54) is 20.3 Å². The van der Waals surface area contributed by atoms with Gasteiger partial charge in [-0.25, -0.2) is 0 Å². The molecular formula is C13H18O6. The molecule has 0 bridgehead atoms. The number of carbonyl (C=O) groups excluding carboxylic acids is 2. The summed E-state index contributed by atoms with van der Waals surface area (Å²) in [5.74, 6) is -2.36. The van der Waals surface area contributed by atoms with E-state index in [4.69, 9.17) is 0 Å². The summed E-state index contributed by atoms with van der Waals surface area (Å²) in [6.45, 7) is 1.71. The topological polar surface area (TPSA) is 93.1 Å². The van der Waals surface area contributed by atoms with E-state index in [0.717, 1.165) is 0 Å². The number of rotatable bonds is 4. The zero-order valence-electron chi connectivity index (χ0n) is 11.2. The summed E-state index contributed by atoms with van der Waals surface area (Å²) in [6.07, 6.45) is 2.75. The van der Waals surface area contributed by atoms with Crippen molar-refractivity contribution in [1.29, 1.82) is 0 Å². The number of ether oxygens (including phenoxy) is 2. The second-order valence-corrected chi connectivity index (χ2v) is 4.70. The van der Waals surface area contributed by atoms with Crippen LogP contribution in [0.25, 0.3) is 0 Å². The Morgan fingerprint density at radius 1 is 1.26 bits per heavy atom. The van der Waals surface area contributed by atoms with Gasteiger partial charge in [-0.1, -0.05) is 13.0 Å². The van der Waals surface area contributed by atoms with Gasteiger partial charge in [-0.05, 0) is 6.08 Å². The fourth-order valence-electron chi connectivity index (χ4n) is 2.11. The molecule has 1 rings (SSSR count).